The molecule has 1 unspecified atom stereocenters. The fourth-order valence-corrected chi connectivity index (χ4v) is 1.60. The fraction of sp³-hybridized carbons (Fsp3) is 0.600. The number of likely N-dealkylation sites (N-methyl/N-ethyl adjacent to an activating group) is 1. The molecule has 0 rings (SSSR count). The number of rotatable bonds is 5. The average Bonchev–Trinajstić information content (AvgIpc) is 2.14. The average molecular weight is 249 g/mol. The SMILES string of the molecule is C=CC(N)=O.CCP(O)C(=O)C[N+](C)(C)C. The Morgan fingerprint density at radius 1 is 1.44 bits per heavy atom. The maximum absolute atomic E-state index is 11.2. The molecule has 0 radical (unpaired) electrons. The Morgan fingerprint density at radius 3 is 2.00 bits per heavy atom. The van der Waals surface area contributed by atoms with Gasteiger partial charge in [0.2, 0.25) is 11.4 Å². The summed E-state index contributed by atoms with van der Waals surface area (Å²) in [4.78, 5) is 29.8. The molecule has 1 amide bonds. The van der Waals surface area contributed by atoms with Crippen molar-refractivity contribution < 1.29 is 19.0 Å². The number of primary amides is 1. The van der Waals surface area contributed by atoms with Gasteiger partial charge in [-0.3, -0.25) is 9.59 Å². The lowest BCUT2D eigenvalue weighted by molar-refractivity contribution is -0.861. The highest BCUT2D eigenvalue weighted by Gasteiger charge is 2.20. The Hall–Kier alpha value is -0.770. The van der Waals surface area contributed by atoms with Crippen molar-refractivity contribution in [3.63, 3.8) is 0 Å². The Kier molecular flexibility index (Phi) is 9.24. The van der Waals surface area contributed by atoms with E-state index < -0.39 is 14.1 Å². The number of carbonyl (C=O) groups is 2. The van der Waals surface area contributed by atoms with E-state index in [1.165, 1.54) is 0 Å². The summed E-state index contributed by atoms with van der Waals surface area (Å²) in [7, 11) is 4.47. The summed E-state index contributed by atoms with van der Waals surface area (Å²) in [5.74, 6) is -0.481. The standard InChI is InChI=1S/C7H17NO2P.C3H5NO/c1-5-11(10)7(9)6-8(2,3)4;1-2-3(4)5/h10H,5-6H2,1-4H3;2H,1H2,(H2,4,5)/q+1;. The van der Waals surface area contributed by atoms with Gasteiger partial charge < -0.3 is 15.1 Å². The molecule has 0 aliphatic rings. The predicted molar refractivity (Wildman–Crippen MR) is 67.0 cm³/mol. The summed E-state index contributed by atoms with van der Waals surface area (Å²) in [5.41, 5.74) is 4.53. The number of nitrogens with zero attached hydrogens (tertiary/aromatic N) is 1. The van der Waals surface area contributed by atoms with Gasteiger partial charge in [0.15, 0.2) is 0 Å². The molecule has 0 aromatic heterocycles. The molecule has 6 heteroatoms. The minimum Gasteiger partial charge on any atom is -0.366 e. The van der Waals surface area contributed by atoms with Crippen LogP contribution in [-0.2, 0) is 9.59 Å². The van der Waals surface area contributed by atoms with Crippen LogP contribution in [0.3, 0.4) is 0 Å². The molecule has 0 bridgehead atoms. The minimum atomic E-state index is -1.36. The Bertz CT molecular complexity index is 249. The van der Waals surface area contributed by atoms with Crippen molar-refractivity contribution in [1.29, 1.82) is 0 Å². The molecule has 0 saturated heterocycles. The number of quaternary nitrogens is 1. The number of carbonyl (C=O) groups excluding carboxylic acids is 2. The second kappa shape index (κ2) is 8.39. The van der Waals surface area contributed by atoms with E-state index in [4.69, 9.17) is 0 Å². The van der Waals surface area contributed by atoms with Crippen LogP contribution in [0.2, 0.25) is 0 Å². The van der Waals surface area contributed by atoms with Gasteiger partial charge >= 0.3 is 0 Å². The Morgan fingerprint density at radius 2 is 1.81 bits per heavy atom. The molecule has 0 aromatic rings. The van der Waals surface area contributed by atoms with E-state index in [1.807, 2.05) is 28.1 Å². The number of nitrogens with two attached hydrogens (primary N) is 1. The molecule has 1 atom stereocenters. The smallest absolute Gasteiger partial charge is 0.240 e. The number of amides is 1. The second-order valence-electron chi connectivity index (χ2n) is 4.16. The van der Waals surface area contributed by atoms with Gasteiger partial charge in [-0.25, -0.2) is 0 Å². The van der Waals surface area contributed by atoms with Crippen molar-refractivity contribution in [2.45, 2.75) is 6.92 Å². The molecule has 5 nitrogen and oxygen atoms in total. The molecule has 0 aromatic carbocycles. The van der Waals surface area contributed by atoms with Gasteiger partial charge in [0.05, 0.1) is 21.1 Å². The van der Waals surface area contributed by atoms with Crippen molar-refractivity contribution in [3.05, 3.63) is 12.7 Å². The minimum absolute atomic E-state index is 0.00463. The van der Waals surface area contributed by atoms with Crippen molar-refractivity contribution in [2.75, 3.05) is 33.8 Å². The normalized spacial score (nSPS) is 12.1. The first-order valence-electron chi connectivity index (χ1n) is 4.85. The molecule has 0 heterocycles. The summed E-state index contributed by atoms with van der Waals surface area (Å²) < 4.78 is 0.595. The van der Waals surface area contributed by atoms with Crippen LogP contribution in [0.15, 0.2) is 12.7 Å². The van der Waals surface area contributed by atoms with E-state index in [9.17, 15) is 14.5 Å². The van der Waals surface area contributed by atoms with Crippen molar-refractivity contribution in [2.24, 2.45) is 5.73 Å². The third kappa shape index (κ3) is 13.2. The lowest BCUT2D eigenvalue weighted by Gasteiger charge is -2.23. The van der Waals surface area contributed by atoms with Crippen LogP contribution in [-0.4, -0.2) is 54.7 Å². The third-order valence-electron chi connectivity index (χ3n) is 1.40. The highest BCUT2D eigenvalue weighted by molar-refractivity contribution is 7.69. The monoisotopic (exact) mass is 249 g/mol. The molecular formula is C10H22N2O3P+. The van der Waals surface area contributed by atoms with E-state index in [0.29, 0.717) is 17.2 Å². The van der Waals surface area contributed by atoms with E-state index in [-0.39, 0.29) is 5.52 Å². The zero-order valence-electron chi connectivity index (χ0n) is 10.4. The molecule has 0 aliphatic carbocycles. The van der Waals surface area contributed by atoms with Crippen molar-refractivity contribution in [3.8, 4) is 0 Å². The molecule has 0 spiro atoms. The number of hydrogen-bond donors (Lipinski definition) is 2. The zero-order valence-corrected chi connectivity index (χ0v) is 11.3. The molecular weight excluding hydrogens is 227 g/mol. The molecule has 0 fully saturated rings. The van der Waals surface area contributed by atoms with Gasteiger partial charge in [-0.1, -0.05) is 13.5 Å². The van der Waals surface area contributed by atoms with E-state index in [1.54, 1.807) is 0 Å². The molecule has 94 valence electrons. The first-order chi connectivity index (χ1) is 7.14. The second-order valence-corrected chi connectivity index (χ2v) is 6.09. The van der Waals surface area contributed by atoms with Crippen LogP contribution in [0, 0.1) is 0 Å². The van der Waals surface area contributed by atoms with Gasteiger partial charge in [-0.05, 0) is 12.2 Å². The highest BCUT2D eigenvalue weighted by atomic mass is 31.1. The van der Waals surface area contributed by atoms with Gasteiger partial charge in [-0.15, -0.1) is 0 Å². The topological polar surface area (TPSA) is 80.4 Å². The molecule has 3 N–H and O–H groups in total. The molecule has 0 aliphatic heterocycles. The van der Waals surface area contributed by atoms with Crippen molar-refractivity contribution in [1.82, 2.24) is 0 Å². The van der Waals surface area contributed by atoms with Gasteiger partial charge in [0.25, 0.3) is 0 Å². The summed E-state index contributed by atoms with van der Waals surface area (Å²) >= 11 is 0. The first kappa shape index (κ1) is 17.6. The zero-order chi connectivity index (χ0) is 13.4. The largest absolute Gasteiger partial charge is 0.366 e. The van der Waals surface area contributed by atoms with Gasteiger partial charge in [-0.2, -0.15) is 0 Å². The molecule has 0 saturated carbocycles. The van der Waals surface area contributed by atoms with E-state index in [2.05, 4.69) is 12.3 Å². The van der Waals surface area contributed by atoms with E-state index >= 15 is 0 Å². The Balaban J connectivity index is 0. The summed E-state index contributed by atoms with van der Waals surface area (Å²) in [6.07, 6.45) is 1.63. The maximum Gasteiger partial charge on any atom is 0.240 e. The summed E-state index contributed by atoms with van der Waals surface area (Å²) in [5, 5.41) is 0. The van der Waals surface area contributed by atoms with Gasteiger partial charge in [0.1, 0.15) is 14.7 Å². The lowest BCUT2D eigenvalue weighted by Crippen LogP contribution is -2.39. The van der Waals surface area contributed by atoms with Crippen LogP contribution in [0.1, 0.15) is 6.92 Å². The van der Waals surface area contributed by atoms with Crippen LogP contribution < -0.4 is 5.73 Å². The van der Waals surface area contributed by atoms with Crippen LogP contribution in [0.25, 0.3) is 0 Å². The Labute approximate surface area is 98.4 Å². The third-order valence-corrected chi connectivity index (χ3v) is 2.71. The van der Waals surface area contributed by atoms with E-state index in [0.717, 1.165) is 6.08 Å². The molecule has 16 heavy (non-hydrogen) atoms. The van der Waals surface area contributed by atoms with Crippen LogP contribution in [0.4, 0.5) is 0 Å². The lowest BCUT2D eigenvalue weighted by atomic mass is 10.5. The van der Waals surface area contributed by atoms with Crippen molar-refractivity contribution >= 4 is 19.6 Å². The summed E-state index contributed by atoms with van der Waals surface area (Å²) in [6, 6.07) is 0. The van der Waals surface area contributed by atoms with Gasteiger partial charge in [0, 0.05) is 0 Å². The quantitative estimate of drug-likeness (QED) is 0.417. The predicted octanol–water partition coefficient (Wildman–Crippen LogP) is 0.286. The van der Waals surface area contributed by atoms with Crippen LogP contribution in [0.5, 0.6) is 0 Å². The number of hydrogen-bond acceptors (Lipinski definition) is 3. The fourth-order valence-electron chi connectivity index (χ4n) is 0.664. The highest BCUT2D eigenvalue weighted by Crippen LogP contribution is 2.30. The first-order valence-corrected chi connectivity index (χ1v) is 6.33. The summed E-state index contributed by atoms with van der Waals surface area (Å²) in [6.45, 7) is 5.34. The van der Waals surface area contributed by atoms with Crippen LogP contribution >= 0.6 is 8.15 Å². The maximum atomic E-state index is 11.2.